The first-order valence-electron chi connectivity index (χ1n) is 6.26. The Kier molecular flexibility index (Phi) is 4.57. The van der Waals surface area contributed by atoms with Crippen LogP contribution in [0, 0.1) is 0 Å². The quantitative estimate of drug-likeness (QED) is 0.677. The van der Waals surface area contributed by atoms with E-state index in [-0.39, 0.29) is 0 Å². The molecule has 0 bridgehead atoms. The van der Waals surface area contributed by atoms with Gasteiger partial charge in [-0.05, 0) is 25.1 Å². The zero-order chi connectivity index (χ0) is 14.5. The number of nitrogens with two attached hydrogens (primary N) is 1. The molecule has 2 aromatic rings. The van der Waals surface area contributed by atoms with Crippen molar-refractivity contribution in [2.24, 2.45) is 0 Å². The summed E-state index contributed by atoms with van der Waals surface area (Å²) in [5.41, 5.74) is 10.3. The maximum atomic E-state index is 11.8. The highest BCUT2D eigenvalue weighted by molar-refractivity contribution is 7.07. The van der Waals surface area contributed by atoms with Crippen LogP contribution in [0.1, 0.15) is 23.0 Å². The molecule has 106 valence electrons. The minimum atomic E-state index is -0.395. The van der Waals surface area contributed by atoms with Crippen LogP contribution in [0.3, 0.4) is 0 Å². The standard InChI is InChI=1S/C14H17N3O2S/c1-3-19-14(18)12-6-11(4-5-13(12)15)17(2)7-10-8-20-9-16-10/h4-6,8-9H,3,7,15H2,1-2H3. The molecule has 5 nitrogen and oxygen atoms in total. The number of carbonyl (C=O) groups excluding carboxylic acids is 1. The van der Waals surface area contributed by atoms with E-state index in [1.54, 1.807) is 35.9 Å². The van der Waals surface area contributed by atoms with E-state index >= 15 is 0 Å². The summed E-state index contributed by atoms with van der Waals surface area (Å²) in [4.78, 5) is 18.1. The van der Waals surface area contributed by atoms with Crippen molar-refractivity contribution in [2.45, 2.75) is 13.5 Å². The number of hydrogen-bond donors (Lipinski definition) is 1. The van der Waals surface area contributed by atoms with Gasteiger partial charge in [-0.3, -0.25) is 0 Å². The Morgan fingerprint density at radius 1 is 1.50 bits per heavy atom. The summed E-state index contributed by atoms with van der Waals surface area (Å²) in [7, 11) is 1.94. The summed E-state index contributed by atoms with van der Waals surface area (Å²) >= 11 is 1.56. The molecular formula is C14H17N3O2S. The molecule has 0 saturated carbocycles. The predicted molar refractivity (Wildman–Crippen MR) is 81.0 cm³/mol. The number of rotatable bonds is 5. The molecular weight excluding hydrogens is 274 g/mol. The van der Waals surface area contributed by atoms with Gasteiger partial charge in [0.15, 0.2) is 0 Å². The van der Waals surface area contributed by atoms with Gasteiger partial charge in [0.1, 0.15) is 0 Å². The third kappa shape index (κ3) is 3.27. The van der Waals surface area contributed by atoms with E-state index in [1.165, 1.54) is 0 Å². The van der Waals surface area contributed by atoms with Crippen LogP contribution < -0.4 is 10.6 Å². The van der Waals surface area contributed by atoms with Crippen LogP contribution in [-0.4, -0.2) is 24.6 Å². The SMILES string of the molecule is CCOC(=O)c1cc(N(C)Cc2cscn2)ccc1N. The molecule has 6 heteroatoms. The van der Waals surface area contributed by atoms with E-state index in [4.69, 9.17) is 10.5 Å². The molecule has 0 spiro atoms. The van der Waals surface area contributed by atoms with E-state index in [2.05, 4.69) is 4.98 Å². The Morgan fingerprint density at radius 2 is 2.30 bits per heavy atom. The zero-order valence-corrected chi connectivity index (χ0v) is 12.3. The van der Waals surface area contributed by atoms with Gasteiger partial charge in [-0.25, -0.2) is 9.78 Å². The minimum Gasteiger partial charge on any atom is -0.462 e. The third-order valence-corrected chi connectivity index (χ3v) is 3.49. The molecule has 0 fully saturated rings. The summed E-state index contributed by atoms with van der Waals surface area (Å²) in [5, 5.41) is 2.00. The normalized spacial score (nSPS) is 10.3. The Bertz CT molecular complexity index is 584. The fourth-order valence-corrected chi connectivity index (χ4v) is 2.37. The zero-order valence-electron chi connectivity index (χ0n) is 11.5. The number of nitrogen functional groups attached to an aromatic ring is 1. The summed E-state index contributed by atoms with van der Waals surface area (Å²) < 4.78 is 5.00. The second kappa shape index (κ2) is 6.38. The van der Waals surface area contributed by atoms with Gasteiger partial charge in [0.25, 0.3) is 0 Å². The van der Waals surface area contributed by atoms with Crippen molar-refractivity contribution in [2.75, 3.05) is 24.3 Å². The van der Waals surface area contributed by atoms with Crippen LogP contribution in [0.2, 0.25) is 0 Å². The number of esters is 1. The first-order valence-corrected chi connectivity index (χ1v) is 7.21. The first-order chi connectivity index (χ1) is 9.61. The second-order valence-corrected chi connectivity index (χ2v) is 5.05. The lowest BCUT2D eigenvalue weighted by molar-refractivity contribution is 0.0527. The highest BCUT2D eigenvalue weighted by Gasteiger charge is 2.13. The Morgan fingerprint density at radius 3 is 2.95 bits per heavy atom. The lowest BCUT2D eigenvalue weighted by Crippen LogP contribution is -2.18. The molecule has 0 saturated heterocycles. The molecule has 0 aliphatic heterocycles. The highest BCUT2D eigenvalue weighted by Crippen LogP contribution is 2.22. The largest absolute Gasteiger partial charge is 0.462 e. The third-order valence-electron chi connectivity index (χ3n) is 2.86. The van der Waals surface area contributed by atoms with Gasteiger partial charge in [-0.15, -0.1) is 11.3 Å². The van der Waals surface area contributed by atoms with Gasteiger partial charge in [0.05, 0.1) is 29.9 Å². The van der Waals surface area contributed by atoms with Crippen molar-refractivity contribution in [1.29, 1.82) is 0 Å². The van der Waals surface area contributed by atoms with E-state index in [9.17, 15) is 4.79 Å². The molecule has 0 amide bonds. The molecule has 2 rings (SSSR count). The molecule has 0 radical (unpaired) electrons. The molecule has 0 atom stereocenters. The Balaban J connectivity index is 2.20. The maximum absolute atomic E-state index is 11.8. The molecule has 0 unspecified atom stereocenters. The van der Waals surface area contributed by atoms with Gasteiger partial charge >= 0.3 is 5.97 Å². The van der Waals surface area contributed by atoms with Crippen LogP contribution >= 0.6 is 11.3 Å². The number of carbonyl (C=O) groups is 1. The molecule has 0 aliphatic rings. The molecule has 0 aliphatic carbocycles. The minimum absolute atomic E-state index is 0.331. The highest BCUT2D eigenvalue weighted by atomic mass is 32.1. The van der Waals surface area contributed by atoms with E-state index in [0.29, 0.717) is 24.4 Å². The van der Waals surface area contributed by atoms with Crippen LogP contribution in [0.4, 0.5) is 11.4 Å². The molecule has 1 aromatic carbocycles. The summed E-state index contributed by atoms with van der Waals surface area (Å²) in [6.45, 7) is 2.78. The number of ether oxygens (including phenoxy) is 1. The Hall–Kier alpha value is -2.08. The number of benzene rings is 1. The monoisotopic (exact) mass is 291 g/mol. The van der Waals surface area contributed by atoms with E-state index < -0.39 is 5.97 Å². The molecule has 20 heavy (non-hydrogen) atoms. The maximum Gasteiger partial charge on any atom is 0.340 e. The van der Waals surface area contributed by atoms with Crippen LogP contribution in [0.25, 0.3) is 0 Å². The van der Waals surface area contributed by atoms with Gasteiger partial charge in [-0.2, -0.15) is 0 Å². The van der Waals surface area contributed by atoms with Crippen molar-refractivity contribution >= 4 is 28.7 Å². The van der Waals surface area contributed by atoms with Crippen molar-refractivity contribution in [1.82, 2.24) is 4.98 Å². The summed E-state index contributed by atoms with van der Waals surface area (Å²) in [5.74, 6) is -0.395. The van der Waals surface area contributed by atoms with E-state index in [1.807, 2.05) is 23.4 Å². The summed E-state index contributed by atoms with van der Waals surface area (Å²) in [6, 6.07) is 5.35. The van der Waals surface area contributed by atoms with Gasteiger partial charge in [0.2, 0.25) is 0 Å². The van der Waals surface area contributed by atoms with Gasteiger partial charge in [-0.1, -0.05) is 0 Å². The molecule has 2 N–H and O–H groups in total. The number of nitrogens with zero attached hydrogens (tertiary/aromatic N) is 2. The second-order valence-electron chi connectivity index (χ2n) is 4.33. The number of aromatic nitrogens is 1. The van der Waals surface area contributed by atoms with Crippen LogP contribution in [0.15, 0.2) is 29.1 Å². The van der Waals surface area contributed by atoms with Crippen molar-refractivity contribution < 1.29 is 9.53 Å². The number of anilines is 2. The smallest absolute Gasteiger partial charge is 0.340 e. The fourth-order valence-electron chi connectivity index (χ4n) is 1.82. The van der Waals surface area contributed by atoms with Gasteiger partial charge in [0, 0.05) is 23.8 Å². The molecule has 1 heterocycles. The summed E-state index contributed by atoms with van der Waals surface area (Å²) in [6.07, 6.45) is 0. The molecule has 1 aromatic heterocycles. The fraction of sp³-hybridized carbons (Fsp3) is 0.286. The van der Waals surface area contributed by atoms with Crippen LogP contribution in [0.5, 0.6) is 0 Å². The number of hydrogen-bond acceptors (Lipinski definition) is 6. The topological polar surface area (TPSA) is 68.5 Å². The number of thiazole rings is 1. The van der Waals surface area contributed by atoms with Crippen molar-refractivity contribution in [3.05, 3.63) is 40.3 Å². The average molecular weight is 291 g/mol. The van der Waals surface area contributed by atoms with Crippen LogP contribution in [-0.2, 0) is 11.3 Å². The predicted octanol–water partition coefficient (Wildman–Crippen LogP) is 2.54. The average Bonchev–Trinajstić information content (AvgIpc) is 2.92. The van der Waals surface area contributed by atoms with Crippen molar-refractivity contribution in [3.63, 3.8) is 0 Å². The van der Waals surface area contributed by atoms with Crippen molar-refractivity contribution in [3.8, 4) is 0 Å². The lowest BCUT2D eigenvalue weighted by atomic mass is 10.1. The van der Waals surface area contributed by atoms with Gasteiger partial charge < -0.3 is 15.4 Å². The van der Waals surface area contributed by atoms with E-state index in [0.717, 1.165) is 11.4 Å². The Labute approximate surface area is 122 Å². The first kappa shape index (κ1) is 14.3. The lowest BCUT2D eigenvalue weighted by Gasteiger charge is -2.19.